The fourth-order valence-corrected chi connectivity index (χ4v) is 3.19. The fraction of sp³-hybridized carbons (Fsp3) is 0.167. The van der Waals surface area contributed by atoms with Gasteiger partial charge >= 0.3 is 5.97 Å². The molecule has 0 aromatic heterocycles. The van der Waals surface area contributed by atoms with Crippen LogP contribution in [0.3, 0.4) is 0 Å². The highest BCUT2D eigenvalue weighted by Crippen LogP contribution is 2.14. The minimum absolute atomic E-state index is 0.153. The lowest BCUT2D eigenvalue weighted by atomic mass is 10.1. The number of carboxylic acids is 1. The van der Waals surface area contributed by atoms with Crippen LogP contribution >= 0.6 is 0 Å². The Bertz CT molecular complexity index is 832. The van der Waals surface area contributed by atoms with E-state index < -0.39 is 22.7 Å². The van der Waals surface area contributed by atoms with E-state index in [2.05, 4.69) is 10.6 Å². The number of carbonyl (C=O) groups excluding carboxylic acids is 2. The molecule has 26 heavy (non-hydrogen) atoms. The van der Waals surface area contributed by atoms with Gasteiger partial charge in [0.15, 0.2) is 0 Å². The third-order valence-corrected chi connectivity index (χ3v) is 4.55. The Morgan fingerprint density at radius 1 is 0.923 bits per heavy atom. The number of benzene rings is 2. The molecule has 0 spiro atoms. The van der Waals surface area contributed by atoms with Crippen molar-refractivity contribution in [1.82, 2.24) is 0 Å². The smallest absolute Gasteiger partial charge is 0.335 e. The van der Waals surface area contributed by atoms with Crippen molar-refractivity contribution in [3.63, 3.8) is 0 Å². The summed E-state index contributed by atoms with van der Waals surface area (Å²) < 4.78 is 12.1. The van der Waals surface area contributed by atoms with Crippen molar-refractivity contribution in [2.24, 2.45) is 0 Å². The van der Waals surface area contributed by atoms with E-state index in [1.54, 1.807) is 36.4 Å². The molecule has 0 heterocycles. The molecular weight excluding hydrogens is 356 g/mol. The predicted molar refractivity (Wildman–Crippen MR) is 99.5 cm³/mol. The molecule has 2 rings (SSSR count). The van der Waals surface area contributed by atoms with Crippen LogP contribution < -0.4 is 10.6 Å². The maximum atomic E-state index is 12.1. The van der Waals surface area contributed by atoms with Gasteiger partial charge in [0.25, 0.3) is 0 Å². The molecular formula is C18H18N2O5S. The second-order valence-corrected chi connectivity index (χ2v) is 6.99. The summed E-state index contributed by atoms with van der Waals surface area (Å²) in [6.45, 7) is 1.40. The fourth-order valence-electron chi connectivity index (χ4n) is 2.16. The van der Waals surface area contributed by atoms with Gasteiger partial charge < -0.3 is 15.7 Å². The highest BCUT2D eigenvalue weighted by atomic mass is 32.2. The van der Waals surface area contributed by atoms with Gasteiger partial charge in [0, 0.05) is 34.9 Å². The number of aromatic carboxylic acids is 1. The lowest BCUT2D eigenvalue weighted by Gasteiger charge is -2.07. The van der Waals surface area contributed by atoms with Gasteiger partial charge in [0.1, 0.15) is 5.75 Å². The van der Waals surface area contributed by atoms with E-state index in [1.807, 2.05) is 0 Å². The Labute approximate surface area is 152 Å². The molecule has 7 nitrogen and oxygen atoms in total. The number of carbonyl (C=O) groups is 3. The number of amides is 2. The number of nitrogens with one attached hydrogen (secondary N) is 2. The van der Waals surface area contributed by atoms with Crippen LogP contribution in [-0.2, 0) is 26.1 Å². The zero-order chi connectivity index (χ0) is 19.1. The Hall–Kier alpha value is -3.00. The van der Waals surface area contributed by atoms with E-state index in [4.69, 9.17) is 5.11 Å². The molecule has 3 N–H and O–H groups in total. The third kappa shape index (κ3) is 6.14. The molecule has 0 aliphatic heterocycles. The summed E-state index contributed by atoms with van der Waals surface area (Å²) in [4.78, 5) is 33.7. The van der Waals surface area contributed by atoms with E-state index >= 15 is 0 Å². The van der Waals surface area contributed by atoms with Gasteiger partial charge in [-0.05, 0) is 42.0 Å². The zero-order valence-electron chi connectivity index (χ0n) is 14.0. The van der Waals surface area contributed by atoms with Gasteiger partial charge in [-0.15, -0.1) is 0 Å². The SMILES string of the molecule is CC(=O)Nc1ccc(NC(=O)CS(=O)Cc2ccc(C(=O)O)cc2)cc1. The molecule has 0 radical (unpaired) electrons. The number of rotatable bonds is 7. The normalized spacial score (nSPS) is 11.4. The lowest BCUT2D eigenvalue weighted by molar-refractivity contribution is -0.114. The molecule has 2 aromatic carbocycles. The lowest BCUT2D eigenvalue weighted by Crippen LogP contribution is -2.20. The first-order chi connectivity index (χ1) is 12.3. The van der Waals surface area contributed by atoms with Crippen molar-refractivity contribution in [3.8, 4) is 0 Å². The molecule has 1 unspecified atom stereocenters. The monoisotopic (exact) mass is 374 g/mol. The number of anilines is 2. The minimum Gasteiger partial charge on any atom is -0.478 e. The maximum absolute atomic E-state index is 12.1. The standard InChI is InChI=1S/C18H18N2O5S/c1-12(21)19-15-6-8-16(9-7-15)20-17(22)11-26(25)10-13-2-4-14(5-3-13)18(23)24/h2-9H,10-11H2,1H3,(H,19,21)(H,20,22)(H,23,24). The predicted octanol–water partition coefficient (Wildman–Crippen LogP) is 2.23. The van der Waals surface area contributed by atoms with E-state index in [0.717, 1.165) is 0 Å². The number of carboxylic acid groups (broad SMARTS) is 1. The van der Waals surface area contributed by atoms with Crippen LogP contribution in [0.1, 0.15) is 22.8 Å². The molecule has 0 fully saturated rings. The van der Waals surface area contributed by atoms with E-state index in [1.165, 1.54) is 19.1 Å². The second kappa shape index (κ2) is 8.91. The summed E-state index contributed by atoms with van der Waals surface area (Å²) in [6, 6.07) is 12.6. The molecule has 0 aliphatic carbocycles. The summed E-state index contributed by atoms with van der Waals surface area (Å²) in [5.74, 6) is -1.61. The highest BCUT2D eigenvalue weighted by Gasteiger charge is 2.10. The van der Waals surface area contributed by atoms with Gasteiger partial charge in [-0.25, -0.2) is 4.79 Å². The highest BCUT2D eigenvalue weighted by molar-refractivity contribution is 7.84. The summed E-state index contributed by atoms with van der Waals surface area (Å²) >= 11 is 0. The van der Waals surface area contributed by atoms with E-state index in [9.17, 15) is 18.6 Å². The van der Waals surface area contributed by atoms with Crippen molar-refractivity contribution < 1.29 is 23.7 Å². The van der Waals surface area contributed by atoms with Gasteiger partial charge in [-0.3, -0.25) is 13.8 Å². The Kier molecular flexibility index (Phi) is 6.62. The minimum atomic E-state index is -1.42. The Balaban J connectivity index is 1.85. The van der Waals surface area contributed by atoms with Gasteiger partial charge in [0.2, 0.25) is 11.8 Å². The first-order valence-electron chi connectivity index (χ1n) is 7.68. The molecule has 1 atom stereocenters. The quantitative estimate of drug-likeness (QED) is 0.688. The second-order valence-electron chi connectivity index (χ2n) is 5.54. The summed E-state index contributed by atoms with van der Waals surface area (Å²) in [5.41, 5.74) is 2.00. The third-order valence-electron chi connectivity index (χ3n) is 3.31. The van der Waals surface area contributed by atoms with Crippen LogP contribution in [0.2, 0.25) is 0 Å². The first-order valence-corrected chi connectivity index (χ1v) is 9.17. The Morgan fingerprint density at radius 2 is 1.46 bits per heavy atom. The van der Waals surface area contributed by atoms with Crippen LogP contribution in [0.4, 0.5) is 11.4 Å². The summed E-state index contributed by atoms with van der Waals surface area (Å²) in [7, 11) is -1.42. The zero-order valence-corrected chi connectivity index (χ0v) is 14.8. The summed E-state index contributed by atoms with van der Waals surface area (Å²) in [6.07, 6.45) is 0. The van der Waals surface area contributed by atoms with Crippen molar-refractivity contribution >= 4 is 40.0 Å². The summed E-state index contributed by atoms with van der Waals surface area (Å²) in [5, 5.41) is 14.1. The first kappa shape index (κ1) is 19.3. The largest absolute Gasteiger partial charge is 0.478 e. The van der Waals surface area contributed by atoms with E-state index in [0.29, 0.717) is 16.9 Å². The molecule has 0 saturated heterocycles. The average Bonchev–Trinajstić information content (AvgIpc) is 2.56. The average molecular weight is 374 g/mol. The molecule has 8 heteroatoms. The topological polar surface area (TPSA) is 113 Å². The molecule has 0 bridgehead atoms. The van der Waals surface area contributed by atoms with Crippen molar-refractivity contribution in [2.45, 2.75) is 12.7 Å². The van der Waals surface area contributed by atoms with Crippen LogP contribution in [0.15, 0.2) is 48.5 Å². The number of hydrogen-bond donors (Lipinski definition) is 3. The van der Waals surface area contributed by atoms with Crippen LogP contribution in [0.25, 0.3) is 0 Å². The van der Waals surface area contributed by atoms with Gasteiger partial charge in [-0.2, -0.15) is 0 Å². The molecule has 2 aromatic rings. The maximum Gasteiger partial charge on any atom is 0.335 e. The van der Waals surface area contributed by atoms with Crippen LogP contribution in [0.5, 0.6) is 0 Å². The Morgan fingerprint density at radius 3 is 1.96 bits per heavy atom. The van der Waals surface area contributed by atoms with Crippen molar-refractivity contribution in [3.05, 3.63) is 59.7 Å². The van der Waals surface area contributed by atoms with Gasteiger partial charge in [-0.1, -0.05) is 12.1 Å². The molecule has 2 amide bonds. The number of hydrogen-bond acceptors (Lipinski definition) is 4. The molecule has 0 aliphatic rings. The molecule has 136 valence electrons. The molecule has 0 saturated carbocycles. The van der Waals surface area contributed by atoms with Gasteiger partial charge in [0.05, 0.1) is 5.56 Å². The van der Waals surface area contributed by atoms with Crippen molar-refractivity contribution in [2.75, 3.05) is 16.4 Å². The van der Waals surface area contributed by atoms with Crippen molar-refractivity contribution in [1.29, 1.82) is 0 Å². The van der Waals surface area contributed by atoms with Crippen LogP contribution in [-0.4, -0.2) is 32.9 Å². The van der Waals surface area contributed by atoms with E-state index in [-0.39, 0.29) is 23.0 Å². The van der Waals surface area contributed by atoms with Crippen LogP contribution in [0, 0.1) is 0 Å².